The van der Waals surface area contributed by atoms with E-state index < -0.39 is 0 Å². The van der Waals surface area contributed by atoms with Gasteiger partial charge >= 0.3 is 0 Å². The third kappa shape index (κ3) is 7.55. The Morgan fingerprint density at radius 2 is 2.00 bits per heavy atom. The molecule has 0 radical (unpaired) electrons. The number of halogens is 1. The minimum absolute atomic E-state index is 0.0351. The summed E-state index contributed by atoms with van der Waals surface area (Å²) in [5.74, 6) is 0.388. The second kappa shape index (κ2) is 9.87. The van der Waals surface area contributed by atoms with Crippen molar-refractivity contribution in [2.45, 2.75) is 47.0 Å². The third-order valence-electron chi connectivity index (χ3n) is 3.07. The number of benzene rings is 1. The summed E-state index contributed by atoms with van der Waals surface area (Å²) in [6.45, 7) is 11.4. The van der Waals surface area contributed by atoms with E-state index in [0.717, 1.165) is 18.7 Å². The summed E-state index contributed by atoms with van der Waals surface area (Å²) in [7, 11) is 0. The molecule has 0 aromatic heterocycles. The van der Waals surface area contributed by atoms with Crippen LogP contribution in [0.3, 0.4) is 0 Å². The van der Waals surface area contributed by atoms with Gasteiger partial charge in [0.15, 0.2) is 0 Å². The molecule has 1 N–H and O–H groups in total. The van der Waals surface area contributed by atoms with E-state index in [1.54, 1.807) is 0 Å². The molecule has 1 aromatic carbocycles. The Morgan fingerprint density at radius 1 is 1.24 bits per heavy atom. The van der Waals surface area contributed by atoms with Crippen LogP contribution in [0.5, 0.6) is 0 Å². The molecular weight excluding hydrogens is 269 g/mol. The van der Waals surface area contributed by atoms with Crippen LogP contribution in [0.15, 0.2) is 18.2 Å². The highest BCUT2D eigenvalue weighted by Crippen LogP contribution is 2.13. The van der Waals surface area contributed by atoms with Crippen LogP contribution in [0.1, 0.15) is 38.8 Å². The van der Waals surface area contributed by atoms with Gasteiger partial charge in [-0.05, 0) is 44.0 Å². The molecule has 4 heteroatoms. The van der Waals surface area contributed by atoms with Crippen LogP contribution in [0.4, 0.5) is 4.39 Å². The van der Waals surface area contributed by atoms with Crippen LogP contribution in [0, 0.1) is 11.7 Å². The molecule has 0 aliphatic carbocycles. The smallest absolute Gasteiger partial charge is 0.128 e. The zero-order chi connectivity index (χ0) is 15.7. The van der Waals surface area contributed by atoms with Gasteiger partial charge in [0.2, 0.25) is 0 Å². The average Bonchev–Trinajstić information content (AvgIpc) is 2.45. The van der Waals surface area contributed by atoms with Crippen LogP contribution in [0.25, 0.3) is 0 Å². The standard InChI is InChI=1S/C17H28FNO2/c1-5-20-11-14(4)21-12-16-8-15(6-7-17(16)18)10-19-9-13(2)3/h6-8,13-14,19H,5,9-12H2,1-4H3. The fraction of sp³-hybridized carbons (Fsp3) is 0.647. The van der Waals surface area contributed by atoms with Gasteiger partial charge in [-0.2, -0.15) is 0 Å². The SMILES string of the molecule is CCOCC(C)OCc1cc(CNCC(C)C)ccc1F. The molecule has 21 heavy (non-hydrogen) atoms. The van der Waals surface area contributed by atoms with E-state index in [0.29, 0.717) is 24.7 Å². The minimum Gasteiger partial charge on any atom is -0.379 e. The molecular formula is C17H28FNO2. The lowest BCUT2D eigenvalue weighted by Gasteiger charge is -2.14. The summed E-state index contributed by atoms with van der Waals surface area (Å²) in [6.07, 6.45) is -0.0351. The van der Waals surface area contributed by atoms with Gasteiger partial charge in [0, 0.05) is 18.7 Å². The van der Waals surface area contributed by atoms with Crippen molar-refractivity contribution in [3.8, 4) is 0 Å². The second-order valence-electron chi connectivity index (χ2n) is 5.73. The lowest BCUT2D eigenvalue weighted by molar-refractivity contribution is -0.0125. The predicted molar refractivity (Wildman–Crippen MR) is 83.7 cm³/mol. The highest BCUT2D eigenvalue weighted by atomic mass is 19.1. The Bertz CT molecular complexity index is 410. The van der Waals surface area contributed by atoms with Gasteiger partial charge in [-0.25, -0.2) is 4.39 Å². The maximum atomic E-state index is 13.8. The molecule has 0 aliphatic rings. The molecule has 0 aliphatic heterocycles. The van der Waals surface area contributed by atoms with Gasteiger partial charge in [-0.1, -0.05) is 19.9 Å². The van der Waals surface area contributed by atoms with Crippen molar-refractivity contribution < 1.29 is 13.9 Å². The molecule has 1 aromatic rings. The Hall–Kier alpha value is -0.970. The van der Waals surface area contributed by atoms with Gasteiger partial charge in [0.05, 0.1) is 19.3 Å². The highest BCUT2D eigenvalue weighted by Gasteiger charge is 2.07. The number of nitrogens with one attached hydrogen (secondary N) is 1. The summed E-state index contributed by atoms with van der Waals surface area (Å²) in [4.78, 5) is 0. The zero-order valence-corrected chi connectivity index (χ0v) is 13.6. The Kier molecular flexibility index (Phi) is 8.50. The molecule has 1 unspecified atom stereocenters. The fourth-order valence-electron chi connectivity index (χ4n) is 1.92. The Labute approximate surface area is 127 Å². The van der Waals surface area contributed by atoms with E-state index in [-0.39, 0.29) is 18.5 Å². The summed E-state index contributed by atoms with van der Waals surface area (Å²) >= 11 is 0. The van der Waals surface area contributed by atoms with Crippen molar-refractivity contribution >= 4 is 0 Å². The largest absolute Gasteiger partial charge is 0.379 e. The van der Waals surface area contributed by atoms with E-state index in [1.165, 1.54) is 6.07 Å². The third-order valence-corrected chi connectivity index (χ3v) is 3.07. The van der Waals surface area contributed by atoms with Crippen LogP contribution >= 0.6 is 0 Å². The quantitative estimate of drug-likeness (QED) is 0.717. The molecule has 3 nitrogen and oxygen atoms in total. The lowest BCUT2D eigenvalue weighted by atomic mass is 10.1. The maximum absolute atomic E-state index is 13.8. The summed E-state index contributed by atoms with van der Waals surface area (Å²) in [5.41, 5.74) is 1.68. The Balaban J connectivity index is 2.49. The van der Waals surface area contributed by atoms with Crippen LogP contribution in [-0.4, -0.2) is 25.9 Å². The maximum Gasteiger partial charge on any atom is 0.128 e. The number of ether oxygens (including phenoxy) is 2. The topological polar surface area (TPSA) is 30.5 Å². The molecule has 0 saturated carbocycles. The predicted octanol–water partition coefficient (Wildman–Crippen LogP) is 3.51. The summed E-state index contributed by atoms with van der Waals surface area (Å²) in [5, 5.41) is 3.36. The molecule has 0 amide bonds. The molecule has 1 rings (SSSR count). The molecule has 120 valence electrons. The normalized spacial score (nSPS) is 12.9. The van der Waals surface area contributed by atoms with Crippen LogP contribution in [-0.2, 0) is 22.6 Å². The van der Waals surface area contributed by atoms with Crippen LogP contribution in [0.2, 0.25) is 0 Å². The number of hydrogen-bond acceptors (Lipinski definition) is 3. The molecule has 0 spiro atoms. The monoisotopic (exact) mass is 297 g/mol. The van der Waals surface area contributed by atoms with Gasteiger partial charge in [-0.3, -0.25) is 0 Å². The number of rotatable bonds is 10. The van der Waals surface area contributed by atoms with E-state index >= 15 is 0 Å². The summed E-state index contributed by atoms with van der Waals surface area (Å²) < 4.78 is 24.7. The first-order valence-electron chi connectivity index (χ1n) is 7.70. The first-order chi connectivity index (χ1) is 10.0. The van der Waals surface area contributed by atoms with Crippen molar-refractivity contribution in [1.29, 1.82) is 0 Å². The van der Waals surface area contributed by atoms with Crippen molar-refractivity contribution in [2.75, 3.05) is 19.8 Å². The van der Waals surface area contributed by atoms with Gasteiger partial charge < -0.3 is 14.8 Å². The van der Waals surface area contributed by atoms with Crippen molar-refractivity contribution in [2.24, 2.45) is 5.92 Å². The van der Waals surface area contributed by atoms with Gasteiger partial charge in [0.25, 0.3) is 0 Å². The van der Waals surface area contributed by atoms with E-state index in [2.05, 4.69) is 19.2 Å². The van der Waals surface area contributed by atoms with Gasteiger partial charge in [-0.15, -0.1) is 0 Å². The fourth-order valence-corrected chi connectivity index (χ4v) is 1.92. The molecule has 0 fully saturated rings. The van der Waals surface area contributed by atoms with E-state index in [1.807, 2.05) is 26.0 Å². The average molecular weight is 297 g/mol. The molecule has 0 bridgehead atoms. The lowest BCUT2D eigenvalue weighted by Crippen LogP contribution is -2.19. The van der Waals surface area contributed by atoms with E-state index in [4.69, 9.17) is 9.47 Å². The van der Waals surface area contributed by atoms with Crippen molar-refractivity contribution in [3.05, 3.63) is 35.1 Å². The first kappa shape index (κ1) is 18.1. The Morgan fingerprint density at radius 3 is 2.67 bits per heavy atom. The molecule has 0 heterocycles. The molecule has 1 atom stereocenters. The second-order valence-corrected chi connectivity index (χ2v) is 5.73. The van der Waals surface area contributed by atoms with Crippen molar-refractivity contribution in [1.82, 2.24) is 5.32 Å². The van der Waals surface area contributed by atoms with Gasteiger partial charge in [0.1, 0.15) is 5.82 Å². The first-order valence-corrected chi connectivity index (χ1v) is 7.70. The minimum atomic E-state index is -0.216. The van der Waals surface area contributed by atoms with E-state index in [9.17, 15) is 4.39 Å². The summed E-state index contributed by atoms with van der Waals surface area (Å²) in [6, 6.07) is 5.20. The number of hydrogen-bond donors (Lipinski definition) is 1. The molecule has 0 saturated heterocycles. The van der Waals surface area contributed by atoms with Crippen LogP contribution < -0.4 is 5.32 Å². The van der Waals surface area contributed by atoms with Crippen molar-refractivity contribution in [3.63, 3.8) is 0 Å². The highest BCUT2D eigenvalue weighted by molar-refractivity contribution is 5.24. The zero-order valence-electron chi connectivity index (χ0n) is 13.6.